The minimum atomic E-state index is -0.0481. The first-order valence-corrected chi connectivity index (χ1v) is 6.66. The minimum absolute atomic E-state index is 0.0481. The van der Waals surface area contributed by atoms with Crippen molar-refractivity contribution in [3.05, 3.63) is 24.3 Å². The van der Waals surface area contributed by atoms with E-state index in [1.807, 2.05) is 24.3 Å². The Bertz CT molecular complexity index is 400. The Morgan fingerprint density at radius 2 is 1.84 bits per heavy atom. The third kappa shape index (κ3) is 4.89. The summed E-state index contributed by atoms with van der Waals surface area (Å²) < 4.78 is 5.31. The number of benzene rings is 1. The molecule has 0 bridgehead atoms. The fourth-order valence-electron chi connectivity index (χ4n) is 2.06. The molecule has 0 unspecified atom stereocenters. The maximum Gasteiger partial charge on any atom is 0.221 e. The summed E-state index contributed by atoms with van der Waals surface area (Å²) in [5.41, 5.74) is 1.90. The molecule has 0 aromatic heterocycles. The van der Waals surface area contributed by atoms with Crippen molar-refractivity contribution in [1.82, 2.24) is 4.90 Å². The number of ether oxygens (including phenoxy) is 1. The summed E-state index contributed by atoms with van der Waals surface area (Å²) in [4.78, 5) is 13.3. The lowest BCUT2D eigenvalue weighted by atomic mass is 10.2. The highest BCUT2D eigenvalue weighted by molar-refractivity contribution is 5.88. The third-order valence-electron chi connectivity index (χ3n) is 3.07. The van der Waals surface area contributed by atoms with Crippen molar-refractivity contribution >= 4 is 17.3 Å². The average molecular weight is 263 g/mol. The lowest BCUT2D eigenvalue weighted by Crippen LogP contribution is -2.38. The molecule has 0 aliphatic carbocycles. The summed E-state index contributed by atoms with van der Waals surface area (Å²) in [5.74, 6) is -0.0481. The summed E-state index contributed by atoms with van der Waals surface area (Å²) in [6.07, 6.45) is 0. The Morgan fingerprint density at radius 3 is 2.47 bits per heavy atom. The monoisotopic (exact) mass is 263 g/mol. The number of morpholine rings is 1. The molecule has 2 N–H and O–H groups in total. The first-order chi connectivity index (χ1) is 9.24. The summed E-state index contributed by atoms with van der Waals surface area (Å²) in [5, 5.41) is 6.13. The fourth-order valence-corrected chi connectivity index (χ4v) is 2.06. The SMILES string of the molecule is CC(=O)Nc1ccc(NCCN2CCOCC2)cc1. The van der Waals surface area contributed by atoms with Gasteiger partial charge in [0.05, 0.1) is 13.2 Å². The van der Waals surface area contributed by atoms with Crippen LogP contribution in [0.1, 0.15) is 6.92 Å². The second-order valence-corrected chi connectivity index (χ2v) is 4.64. The van der Waals surface area contributed by atoms with Crippen molar-refractivity contribution in [2.75, 3.05) is 50.0 Å². The van der Waals surface area contributed by atoms with Gasteiger partial charge in [0.2, 0.25) is 5.91 Å². The average Bonchev–Trinajstić information content (AvgIpc) is 2.41. The normalized spacial score (nSPS) is 16.1. The Kier molecular flexibility index (Phi) is 5.18. The van der Waals surface area contributed by atoms with Crippen LogP contribution in [0.2, 0.25) is 0 Å². The fraction of sp³-hybridized carbons (Fsp3) is 0.500. The Hall–Kier alpha value is -1.59. The minimum Gasteiger partial charge on any atom is -0.384 e. The van der Waals surface area contributed by atoms with Crippen molar-refractivity contribution in [1.29, 1.82) is 0 Å². The number of anilines is 2. The largest absolute Gasteiger partial charge is 0.384 e. The van der Waals surface area contributed by atoms with Crippen LogP contribution in [-0.4, -0.2) is 50.2 Å². The molecule has 0 saturated carbocycles. The topological polar surface area (TPSA) is 53.6 Å². The van der Waals surface area contributed by atoms with E-state index >= 15 is 0 Å². The van der Waals surface area contributed by atoms with Crippen LogP contribution in [0.25, 0.3) is 0 Å². The maximum atomic E-state index is 10.9. The molecule has 1 aliphatic rings. The van der Waals surface area contributed by atoms with Gasteiger partial charge in [-0.1, -0.05) is 0 Å². The summed E-state index contributed by atoms with van der Waals surface area (Å²) >= 11 is 0. The van der Waals surface area contributed by atoms with Gasteiger partial charge in [0.25, 0.3) is 0 Å². The number of rotatable bonds is 5. The lowest BCUT2D eigenvalue weighted by molar-refractivity contribution is -0.114. The van der Waals surface area contributed by atoms with Crippen LogP contribution >= 0.6 is 0 Å². The van der Waals surface area contributed by atoms with Gasteiger partial charge in [0.1, 0.15) is 0 Å². The molecule has 19 heavy (non-hydrogen) atoms. The molecule has 1 amide bonds. The highest BCUT2D eigenvalue weighted by Gasteiger charge is 2.08. The second-order valence-electron chi connectivity index (χ2n) is 4.64. The number of nitrogens with zero attached hydrogens (tertiary/aromatic N) is 1. The van der Waals surface area contributed by atoms with Gasteiger partial charge in [-0.15, -0.1) is 0 Å². The molecule has 0 radical (unpaired) electrons. The van der Waals surface area contributed by atoms with Crippen LogP contribution in [0.4, 0.5) is 11.4 Å². The van der Waals surface area contributed by atoms with Crippen molar-refractivity contribution in [2.45, 2.75) is 6.92 Å². The molecule has 1 aromatic rings. The predicted molar refractivity (Wildman–Crippen MR) is 76.5 cm³/mol. The van der Waals surface area contributed by atoms with E-state index in [4.69, 9.17) is 4.74 Å². The molecular formula is C14H21N3O2. The molecule has 0 spiro atoms. The summed E-state index contributed by atoms with van der Waals surface area (Å²) in [6, 6.07) is 7.76. The molecule has 1 aliphatic heterocycles. The van der Waals surface area contributed by atoms with E-state index in [1.165, 1.54) is 6.92 Å². The predicted octanol–water partition coefficient (Wildman–Crippen LogP) is 1.39. The first kappa shape index (κ1) is 13.8. The number of carbonyl (C=O) groups excluding carboxylic acids is 1. The second kappa shape index (κ2) is 7.11. The number of hydrogen-bond donors (Lipinski definition) is 2. The van der Waals surface area contributed by atoms with Gasteiger partial charge in [-0.05, 0) is 24.3 Å². The van der Waals surface area contributed by atoms with Gasteiger partial charge in [-0.3, -0.25) is 9.69 Å². The lowest BCUT2D eigenvalue weighted by Gasteiger charge is -2.26. The highest BCUT2D eigenvalue weighted by atomic mass is 16.5. The third-order valence-corrected chi connectivity index (χ3v) is 3.07. The van der Waals surface area contributed by atoms with Crippen LogP contribution in [0.15, 0.2) is 24.3 Å². The molecule has 2 rings (SSSR count). The van der Waals surface area contributed by atoms with E-state index in [-0.39, 0.29) is 5.91 Å². The zero-order chi connectivity index (χ0) is 13.5. The van der Waals surface area contributed by atoms with Gasteiger partial charge in [-0.25, -0.2) is 0 Å². The Balaban J connectivity index is 1.71. The summed E-state index contributed by atoms with van der Waals surface area (Å²) in [7, 11) is 0. The Morgan fingerprint density at radius 1 is 1.21 bits per heavy atom. The van der Waals surface area contributed by atoms with Gasteiger partial charge in [0, 0.05) is 44.5 Å². The van der Waals surface area contributed by atoms with Crippen LogP contribution in [-0.2, 0) is 9.53 Å². The number of carbonyl (C=O) groups is 1. The smallest absolute Gasteiger partial charge is 0.221 e. The van der Waals surface area contributed by atoms with E-state index in [9.17, 15) is 4.79 Å². The standard InChI is InChI=1S/C14H21N3O2/c1-12(18)16-14-4-2-13(3-5-14)15-6-7-17-8-10-19-11-9-17/h2-5,15H,6-11H2,1H3,(H,16,18). The van der Waals surface area contributed by atoms with Crippen LogP contribution in [0.5, 0.6) is 0 Å². The summed E-state index contributed by atoms with van der Waals surface area (Å²) in [6.45, 7) is 7.16. The molecule has 5 heteroatoms. The maximum absolute atomic E-state index is 10.9. The van der Waals surface area contributed by atoms with Crippen molar-refractivity contribution in [3.63, 3.8) is 0 Å². The van der Waals surface area contributed by atoms with Crippen molar-refractivity contribution in [2.24, 2.45) is 0 Å². The molecule has 5 nitrogen and oxygen atoms in total. The highest BCUT2D eigenvalue weighted by Crippen LogP contribution is 2.13. The van der Waals surface area contributed by atoms with Crippen LogP contribution < -0.4 is 10.6 Å². The number of nitrogens with one attached hydrogen (secondary N) is 2. The molecule has 1 heterocycles. The van der Waals surface area contributed by atoms with Gasteiger partial charge in [0.15, 0.2) is 0 Å². The zero-order valence-electron chi connectivity index (χ0n) is 11.3. The van der Waals surface area contributed by atoms with E-state index in [2.05, 4.69) is 15.5 Å². The Labute approximate surface area is 113 Å². The zero-order valence-corrected chi connectivity index (χ0v) is 11.3. The first-order valence-electron chi connectivity index (χ1n) is 6.66. The van der Waals surface area contributed by atoms with Gasteiger partial charge < -0.3 is 15.4 Å². The molecule has 0 atom stereocenters. The van der Waals surface area contributed by atoms with Gasteiger partial charge in [-0.2, -0.15) is 0 Å². The number of amides is 1. The van der Waals surface area contributed by atoms with E-state index in [0.29, 0.717) is 0 Å². The molecule has 1 fully saturated rings. The van der Waals surface area contributed by atoms with E-state index in [1.54, 1.807) is 0 Å². The van der Waals surface area contributed by atoms with E-state index < -0.39 is 0 Å². The van der Waals surface area contributed by atoms with Gasteiger partial charge >= 0.3 is 0 Å². The van der Waals surface area contributed by atoms with Crippen LogP contribution in [0.3, 0.4) is 0 Å². The van der Waals surface area contributed by atoms with Crippen molar-refractivity contribution < 1.29 is 9.53 Å². The quantitative estimate of drug-likeness (QED) is 0.843. The van der Waals surface area contributed by atoms with Crippen molar-refractivity contribution in [3.8, 4) is 0 Å². The molecule has 1 aromatic carbocycles. The molecule has 1 saturated heterocycles. The number of hydrogen-bond acceptors (Lipinski definition) is 4. The molecular weight excluding hydrogens is 242 g/mol. The van der Waals surface area contributed by atoms with Crippen LogP contribution in [0, 0.1) is 0 Å². The molecule has 104 valence electrons. The van der Waals surface area contributed by atoms with E-state index in [0.717, 1.165) is 50.8 Å².